The molecule has 0 fully saturated rings. The van der Waals surface area contributed by atoms with Gasteiger partial charge in [0, 0.05) is 6.20 Å². The van der Waals surface area contributed by atoms with Crippen LogP contribution >= 0.6 is 19.2 Å². The van der Waals surface area contributed by atoms with Crippen molar-refractivity contribution >= 4 is 19.2 Å². The summed E-state index contributed by atoms with van der Waals surface area (Å²) in [5.74, 6) is -0.854. The normalized spacial score (nSPS) is 13.6. The maximum atomic E-state index is 12.4. The van der Waals surface area contributed by atoms with Crippen LogP contribution in [-0.4, -0.2) is 18.2 Å². The lowest BCUT2D eigenvalue weighted by Gasteiger charge is -2.23. The Kier molecular flexibility index (Phi) is 5.56. The molecule has 0 radical (unpaired) electrons. The van der Waals surface area contributed by atoms with Gasteiger partial charge in [0.1, 0.15) is 10.9 Å². The van der Waals surface area contributed by atoms with Crippen LogP contribution < -0.4 is 5.73 Å². The van der Waals surface area contributed by atoms with Gasteiger partial charge in [0.2, 0.25) is 0 Å². The molecule has 1 aromatic heterocycles. The molecular formula is C10H16ClN2O3P. The molecule has 5 nitrogen and oxygen atoms in total. The third-order valence-electron chi connectivity index (χ3n) is 2.05. The van der Waals surface area contributed by atoms with E-state index in [4.69, 9.17) is 26.4 Å². The Morgan fingerprint density at radius 3 is 2.41 bits per heavy atom. The van der Waals surface area contributed by atoms with E-state index in [2.05, 4.69) is 4.98 Å². The predicted molar refractivity (Wildman–Crippen MR) is 67.0 cm³/mol. The van der Waals surface area contributed by atoms with Gasteiger partial charge in [-0.15, -0.1) is 0 Å². The van der Waals surface area contributed by atoms with Crippen molar-refractivity contribution in [2.24, 2.45) is 5.73 Å². The highest BCUT2D eigenvalue weighted by atomic mass is 35.5. The van der Waals surface area contributed by atoms with Crippen molar-refractivity contribution < 1.29 is 13.6 Å². The first-order valence-electron chi connectivity index (χ1n) is 5.29. The minimum atomic E-state index is -3.35. The zero-order valence-corrected chi connectivity index (χ0v) is 11.4. The predicted octanol–water partition coefficient (Wildman–Crippen LogP) is 2.96. The minimum absolute atomic E-state index is 0.270. The Bertz CT molecular complexity index is 389. The molecule has 0 aliphatic rings. The number of nitrogens with zero attached hydrogens (tertiary/aromatic N) is 1. The number of nitrogens with two attached hydrogens (primary N) is 1. The largest absolute Gasteiger partial charge is 0.351 e. The summed E-state index contributed by atoms with van der Waals surface area (Å²) in [5, 5.41) is 0.351. The summed E-state index contributed by atoms with van der Waals surface area (Å²) in [6.45, 7) is 4.01. The molecule has 2 N–H and O–H groups in total. The Labute approximate surface area is 106 Å². The van der Waals surface area contributed by atoms with E-state index < -0.39 is 13.4 Å². The summed E-state index contributed by atoms with van der Waals surface area (Å²) in [4.78, 5) is 3.89. The van der Waals surface area contributed by atoms with Gasteiger partial charge < -0.3 is 14.8 Å². The summed E-state index contributed by atoms with van der Waals surface area (Å²) >= 11 is 5.67. The second kappa shape index (κ2) is 6.47. The lowest BCUT2D eigenvalue weighted by atomic mass is 10.3. The molecule has 1 aromatic rings. The monoisotopic (exact) mass is 278 g/mol. The van der Waals surface area contributed by atoms with Crippen molar-refractivity contribution in [3.05, 3.63) is 29.0 Å². The van der Waals surface area contributed by atoms with Gasteiger partial charge >= 0.3 is 7.60 Å². The van der Waals surface area contributed by atoms with Crippen molar-refractivity contribution in [1.82, 2.24) is 4.98 Å². The Morgan fingerprint density at radius 2 is 2.00 bits per heavy atom. The number of halogens is 1. The van der Waals surface area contributed by atoms with E-state index in [-0.39, 0.29) is 13.2 Å². The first-order valence-corrected chi connectivity index (χ1v) is 7.28. The first kappa shape index (κ1) is 14.6. The molecule has 0 spiro atoms. The molecule has 0 saturated heterocycles. The maximum Gasteiger partial charge on any atom is 0.351 e. The SMILES string of the molecule is CCOP(=O)(OCC)[C@H](N)c1ccc(Cl)nc1. The van der Waals surface area contributed by atoms with Gasteiger partial charge in [-0.25, -0.2) is 4.98 Å². The van der Waals surface area contributed by atoms with Crippen LogP contribution in [0, 0.1) is 0 Å². The van der Waals surface area contributed by atoms with Gasteiger partial charge in [0.05, 0.1) is 13.2 Å². The van der Waals surface area contributed by atoms with Crippen LogP contribution in [0.2, 0.25) is 5.15 Å². The second-order valence-electron chi connectivity index (χ2n) is 3.23. The Balaban J connectivity index is 2.95. The molecule has 7 heteroatoms. The molecule has 1 atom stereocenters. The lowest BCUT2D eigenvalue weighted by Crippen LogP contribution is -2.15. The number of aromatic nitrogens is 1. The molecule has 17 heavy (non-hydrogen) atoms. The zero-order valence-electron chi connectivity index (χ0n) is 9.80. The van der Waals surface area contributed by atoms with Crippen molar-refractivity contribution in [2.45, 2.75) is 19.6 Å². The minimum Gasteiger partial charge on any atom is -0.314 e. The van der Waals surface area contributed by atoms with Crippen LogP contribution in [0.1, 0.15) is 25.2 Å². The Hall–Kier alpha value is -0.450. The Morgan fingerprint density at radius 1 is 1.41 bits per heavy atom. The molecule has 0 saturated carbocycles. The molecule has 0 aliphatic carbocycles. The van der Waals surface area contributed by atoms with Crippen molar-refractivity contribution in [1.29, 1.82) is 0 Å². The molecule has 0 aromatic carbocycles. The summed E-state index contributed by atoms with van der Waals surface area (Å²) in [5.41, 5.74) is 6.47. The highest BCUT2D eigenvalue weighted by molar-refractivity contribution is 7.54. The van der Waals surface area contributed by atoms with Crippen LogP contribution in [0.3, 0.4) is 0 Å². The van der Waals surface area contributed by atoms with E-state index in [0.717, 1.165) is 0 Å². The fourth-order valence-corrected chi connectivity index (χ4v) is 3.05. The van der Waals surface area contributed by atoms with E-state index in [1.165, 1.54) is 6.20 Å². The van der Waals surface area contributed by atoms with Crippen molar-refractivity contribution in [3.8, 4) is 0 Å². The molecule has 1 rings (SSSR count). The van der Waals surface area contributed by atoms with Crippen LogP contribution in [0.15, 0.2) is 18.3 Å². The van der Waals surface area contributed by atoms with Gasteiger partial charge in [0.15, 0.2) is 0 Å². The van der Waals surface area contributed by atoms with Gasteiger partial charge in [-0.05, 0) is 25.5 Å². The standard InChI is InChI=1S/C10H16ClN2O3P/c1-3-15-17(14,16-4-2)10(12)8-5-6-9(11)13-7-8/h5-7,10H,3-4,12H2,1-2H3/t10-/m0/s1. The fraction of sp³-hybridized carbons (Fsp3) is 0.500. The van der Waals surface area contributed by atoms with Gasteiger partial charge in [-0.3, -0.25) is 4.57 Å². The maximum absolute atomic E-state index is 12.4. The third kappa shape index (κ3) is 3.76. The topological polar surface area (TPSA) is 74.4 Å². The smallest absolute Gasteiger partial charge is 0.314 e. The number of hydrogen-bond donors (Lipinski definition) is 1. The highest BCUT2D eigenvalue weighted by Crippen LogP contribution is 2.58. The van der Waals surface area contributed by atoms with Crippen molar-refractivity contribution in [3.63, 3.8) is 0 Å². The zero-order chi connectivity index (χ0) is 12.9. The summed E-state index contributed by atoms with van der Waals surface area (Å²) in [6, 6.07) is 3.24. The van der Waals surface area contributed by atoms with Crippen LogP contribution in [0.4, 0.5) is 0 Å². The van der Waals surface area contributed by atoms with E-state index in [9.17, 15) is 4.57 Å². The molecule has 1 heterocycles. The number of pyridine rings is 1. The molecule has 0 bridgehead atoms. The van der Waals surface area contributed by atoms with Crippen molar-refractivity contribution in [2.75, 3.05) is 13.2 Å². The third-order valence-corrected chi connectivity index (χ3v) is 4.49. The van der Waals surface area contributed by atoms with Gasteiger partial charge in [-0.1, -0.05) is 17.7 Å². The van der Waals surface area contributed by atoms with Gasteiger partial charge in [-0.2, -0.15) is 0 Å². The average molecular weight is 279 g/mol. The first-order chi connectivity index (χ1) is 8.03. The van der Waals surface area contributed by atoms with Crippen LogP contribution in [0.25, 0.3) is 0 Å². The molecule has 0 unspecified atom stereocenters. The molecular weight excluding hydrogens is 263 g/mol. The fourth-order valence-electron chi connectivity index (χ4n) is 1.30. The summed E-state index contributed by atoms with van der Waals surface area (Å²) in [7, 11) is -3.35. The quantitative estimate of drug-likeness (QED) is 0.639. The molecule has 96 valence electrons. The molecule has 0 amide bonds. The lowest BCUT2D eigenvalue weighted by molar-refractivity contribution is 0.212. The second-order valence-corrected chi connectivity index (χ2v) is 5.77. The number of hydrogen-bond acceptors (Lipinski definition) is 5. The summed E-state index contributed by atoms with van der Waals surface area (Å²) in [6.07, 6.45) is 1.47. The van der Waals surface area contributed by atoms with Gasteiger partial charge in [0.25, 0.3) is 0 Å². The van der Waals surface area contributed by atoms with E-state index in [0.29, 0.717) is 10.7 Å². The van der Waals surface area contributed by atoms with Crippen LogP contribution in [0.5, 0.6) is 0 Å². The van der Waals surface area contributed by atoms with E-state index >= 15 is 0 Å². The summed E-state index contributed by atoms with van der Waals surface area (Å²) < 4.78 is 22.7. The van der Waals surface area contributed by atoms with E-state index in [1.807, 2.05) is 0 Å². The van der Waals surface area contributed by atoms with Crippen LogP contribution in [-0.2, 0) is 13.6 Å². The molecule has 0 aliphatic heterocycles. The van der Waals surface area contributed by atoms with E-state index in [1.54, 1.807) is 26.0 Å². The average Bonchev–Trinajstić information content (AvgIpc) is 2.30. The highest BCUT2D eigenvalue weighted by Gasteiger charge is 2.33. The number of rotatable bonds is 6.